The molecule has 5 heteroatoms. The third kappa shape index (κ3) is 1.43. The number of hydrogen-bond donors (Lipinski definition) is 1. The van der Waals surface area contributed by atoms with Crippen LogP contribution in [0, 0.1) is 0 Å². The van der Waals surface area contributed by atoms with Crippen LogP contribution in [0.15, 0.2) is 29.2 Å². The fourth-order valence-corrected chi connectivity index (χ4v) is 2.25. The van der Waals surface area contributed by atoms with E-state index in [1.54, 1.807) is 10.8 Å². The number of imidazole rings is 2. The smallest absolute Gasteiger partial charge is 0.278 e. The highest BCUT2D eigenvalue weighted by molar-refractivity contribution is 5.66. The standard InChI is InChI=1S/C12H14N4O/c13-6-1-2-7-15-11-5-3-4-10-14-8-9(12(15)17)16(10)11/h3-5,8H,1-2,6-7,13H2. The van der Waals surface area contributed by atoms with Crippen molar-refractivity contribution in [3.63, 3.8) is 0 Å². The average Bonchev–Trinajstić information content (AvgIpc) is 2.88. The first-order valence-corrected chi connectivity index (χ1v) is 5.81. The highest BCUT2D eigenvalue weighted by Crippen LogP contribution is 2.13. The summed E-state index contributed by atoms with van der Waals surface area (Å²) in [5.41, 5.74) is 7.90. The molecule has 3 rings (SSSR count). The topological polar surface area (TPSA) is 65.3 Å². The molecule has 2 N–H and O–H groups in total. The van der Waals surface area contributed by atoms with Crippen molar-refractivity contribution < 1.29 is 0 Å². The van der Waals surface area contributed by atoms with Gasteiger partial charge >= 0.3 is 0 Å². The number of aromatic nitrogens is 3. The second kappa shape index (κ2) is 3.85. The summed E-state index contributed by atoms with van der Waals surface area (Å²) in [5, 5.41) is 0. The Balaban J connectivity index is 2.16. The summed E-state index contributed by atoms with van der Waals surface area (Å²) in [4.78, 5) is 16.4. The summed E-state index contributed by atoms with van der Waals surface area (Å²) in [6.45, 7) is 1.39. The Bertz CT molecular complexity index is 697. The van der Waals surface area contributed by atoms with Crippen LogP contribution in [0.1, 0.15) is 12.8 Å². The van der Waals surface area contributed by atoms with Gasteiger partial charge in [-0.25, -0.2) is 4.98 Å². The summed E-state index contributed by atoms with van der Waals surface area (Å²) >= 11 is 0. The van der Waals surface area contributed by atoms with E-state index >= 15 is 0 Å². The van der Waals surface area contributed by atoms with Gasteiger partial charge in [-0.3, -0.25) is 13.8 Å². The Morgan fingerprint density at radius 1 is 1.29 bits per heavy atom. The van der Waals surface area contributed by atoms with Crippen LogP contribution >= 0.6 is 0 Å². The molecule has 0 saturated carbocycles. The van der Waals surface area contributed by atoms with Gasteiger partial charge in [0.15, 0.2) is 0 Å². The Kier molecular flexibility index (Phi) is 2.33. The molecule has 0 spiro atoms. The number of hydrogen-bond acceptors (Lipinski definition) is 3. The summed E-state index contributed by atoms with van der Waals surface area (Å²) in [5.74, 6) is 0. The average molecular weight is 230 g/mol. The Morgan fingerprint density at radius 2 is 2.18 bits per heavy atom. The molecular weight excluding hydrogens is 216 g/mol. The van der Waals surface area contributed by atoms with Gasteiger partial charge in [0, 0.05) is 6.54 Å². The molecule has 0 unspecified atom stereocenters. The van der Waals surface area contributed by atoms with E-state index in [9.17, 15) is 4.79 Å². The summed E-state index contributed by atoms with van der Waals surface area (Å²) < 4.78 is 3.71. The molecule has 0 saturated heterocycles. The van der Waals surface area contributed by atoms with Crippen molar-refractivity contribution in [2.24, 2.45) is 5.73 Å². The number of unbranched alkanes of at least 4 members (excludes halogenated alkanes) is 1. The Labute approximate surface area is 97.8 Å². The molecule has 3 heterocycles. The van der Waals surface area contributed by atoms with Crippen LogP contribution in [-0.4, -0.2) is 20.5 Å². The summed E-state index contributed by atoms with van der Waals surface area (Å²) in [6, 6.07) is 5.78. The highest BCUT2D eigenvalue weighted by atomic mass is 16.1. The molecule has 3 aromatic heterocycles. The number of nitrogens with zero attached hydrogens (tertiary/aromatic N) is 3. The minimum Gasteiger partial charge on any atom is -0.330 e. The SMILES string of the molecule is NCCCCn1c(=O)c2cnc3cccc1n32. The van der Waals surface area contributed by atoms with Crippen molar-refractivity contribution >= 4 is 16.8 Å². The van der Waals surface area contributed by atoms with Gasteiger partial charge in [-0.15, -0.1) is 0 Å². The minimum absolute atomic E-state index is 0.0377. The monoisotopic (exact) mass is 230 g/mol. The van der Waals surface area contributed by atoms with Gasteiger partial charge in [-0.05, 0) is 31.5 Å². The molecule has 3 aromatic rings. The second-order valence-corrected chi connectivity index (χ2v) is 4.17. The first-order valence-electron chi connectivity index (χ1n) is 5.81. The van der Waals surface area contributed by atoms with E-state index < -0.39 is 0 Å². The quantitative estimate of drug-likeness (QED) is 0.675. The molecular formula is C12H14N4O. The fraction of sp³-hybridized carbons (Fsp3) is 0.333. The number of rotatable bonds is 4. The van der Waals surface area contributed by atoms with Crippen LogP contribution in [0.25, 0.3) is 16.8 Å². The van der Waals surface area contributed by atoms with Gasteiger partial charge in [0.1, 0.15) is 16.8 Å². The molecule has 0 aliphatic rings. The zero-order valence-corrected chi connectivity index (χ0v) is 9.47. The zero-order chi connectivity index (χ0) is 11.8. The lowest BCUT2D eigenvalue weighted by Gasteiger charge is -2.03. The third-order valence-electron chi connectivity index (χ3n) is 3.09. The van der Waals surface area contributed by atoms with Crippen molar-refractivity contribution in [2.45, 2.75) is 19.4 Å². The van der Waals surface area contributed by atoms with Gasteiger partial charge in [0.25, 0.3) is 5.56 Å². The van der Waals surface area contributed by atoms with Gasteiger partial charge in [0.05, 0.1) is 6.20 Å². The fourth-order valence-electron chi connectivity index (χ4n) is 2.25. The molecule has 17 heavy (non-hydrogen) atoms. The molecule has 0 fully saturated rings. The molecule has 0 aromatic carbocycles. The minimum atomic E-state index is 0.0377. The lowest BCUT2D eigenvalue weighted by atomic mass is 10.3. The first-order chi connectivity index (χ1) is 8.33. The maximum atomic E-state index is 12.2. The van der Waals surface area contributed by atoms with E-state index in [0.29, 0.717) is 12.1 Å². The van der Waals surface area contributed by atoms with Crippen molar-refractivity contribution in [2.75, 3.05) is 6.54 Å². The van der Waals surface area contributed by atoms with Crippen LogP contribution in [0.4, 0.5) is 0 Å². The molecule has 0 aliphatic carbocycles. The molecule has 0 atom stereocenters. The van der Waals surface area contributed by atoms with Crippen LogP contribution in [0.3, 0.4) is 0 Å². The largest absolute Gasteiger partial charge is 0.330 e. The Morgan fingerprint density at radius 3 is 3.00 bits per heavy atom. The van der Waals surface area contributed by atoms with Crippen molar-refractivity contribution in [3.05, 3.63) is 34.7 Å². The number of nitrogens with two attached hydrogens (primary N) is 1. The predicted octanol–water partition coefficient (Wildman–Crippen LogP) is 0.826. The molecule has 5 nitrogen and oxygen atoms in total. The van der Waals surface area contributed by atoms with Gasteiger partial charge in [-0.1, -0.05) is 6.07 Å². The van der Waals surface area contributed by atoms with E-state index in [4.69, 9.17) is 5.73 Å². The maximum Gasteiger partial charge on any atom is 0.278 e. The lowest BCUT2D eigenvalue weighted by molar-refractivity contribution is 0.618. The normalized spacial score (nSPS) is 11.8. The molecule has 0 amide bonds. The van der Waals surface area contributed by atoms with Crippen LogP contribution in [0.2, 0.25) is 0 Å². The zero-order valence-electron chi connectivity index (χ0n) is 9.47. The van der Waals surface area contributed by atoms with Gasteiger partial charge in [-0.2, -0.15) is 0 Å². The van der Waals surface area contributed by atoms with Gasteiger partial charge < -0.3 is 5.73 Å². The van der Waals surface area contributed by atoms with E-state index in [2.05, 4.69) is 4.98 Å². The van der Waals surface area contributed by atoms with E-state index in [-0.39, 0.29) is 5.56 Å². The second-order valence-electron chi connectivity index (χ2n) is 4.17. The van der Waals surface area contributed by atoms with Gasteiger partial charge in [0.2, 0.25) is 0 Å². The van der Waals surface area contributed by atoms with Crippen LogP contribution in [0.5, 0.6) is 0 Å². The molecule has 0 aliphatic heterocycles. The maximum absolute atomic E-state index is 12.2. The summed E-state index contributed by atoms with van der Waals surface area (Å²) in [7, 11) is 0. The molecule has 0 bridgehead atoms. The van der Waals surface area contributed by atoms with E-state index in [1.165, 1.54) is 0 Å². The van der Waals surface area contributed by atoms with E-state index in [1.807, 2.05) is 22.6 Å². The summed E-state index contributed by atoms with van der Waals surface area (Å²) in [6.07, 6.45) is 3.51. The molecule has 88 valence electrons. The lowest BCUT2D eigenvalue weighted by Crippen LogP contribution is -2.15. The van der Waals surface area contributed by atoms with Crippen molar-refractivity contribution in [1.82, 2.24) is 14.0 Å². The van der Waals surface area contributed by atoms with Crippen molar-refractivity contribution in [3.8, 4) is 0 Å². The third-order valence-corrected chi connectivity index (χ3v) is 3.09. The van der Waals surface area contributed by atoms with Crippen molar-refractivity contribution in [1.29, 1.82) is 0 Å². The van der Waals surface area contributed by atoms with E-state index in [0.717, 1.165) is 30.7 Å². The predicted molar refractivity (Wildman–Crippen MR) is 66.4 cm³/mol. The highest BCUT2D eigenvalue weighted by Gasteiger charge is 2.13. The number of pyridine rings is 1. The number of aryl methyl sites for hydroxylation is 1. The first kappa shape index (κ1) is 10.3. The van der Waals surface area contributed by atoms with Crippen LogP contribution < -0.4 is 11.3 Å². The Hall–Kier alpha value is -1.88. The van der Waals surface area contributed by atoms with Crippen LogP contribution in [-0.2, 0) is 6.54 Å². The molecule has 0 radical (unpaired) electrons.